The lowest BCUT2D eigenvalue weighted by molar-refractivity contribution is -0.139. The molecule has 7 heteroatoms. The van der Waals surface area contributed by atoms with Crippen LogP contribution in [0.2, 0.25) is 0 Å². The molecule has 0 bridgehead atoms. The Morgan fingerprint density at radius 1 is 1.08 bits per heavy atom. The lowest BCUT2D eigenvalue weighted by Gasteiger charge is -2.25. The zero-order chi connectivity index (χ0) is 25.4. The number of benzene rings is 3. The number of ether oxygens (including phenoxy) is 1. The number of likely N-dealkylation sites (tertiary alicyclic amines) is 1. The Hall–Kier alpha value is -3.84. The maximum absolute atomic E-state index is 13.3. The SMILES string of the molecule is COc1ccc2[nH]cc(CCN3C(=O)C(=O)C(=C(O)c4ccc(C)cc4)[C@@H]3c3cccc(Br)c3)c2c1. The van der Waals surface area contributed by atoms with Crippen LogP contribution in [0.25, 0.3) is 16.7 Å². The normalized spacial score (nSPS) is 17.2. The number of rotatable bonds is 6. The van der Waals surface area contributed by atoms with Crippen LogP contribution in [-0.4, -0.2) is 40.3 Å². The number of aryl methyl sites for hydroxylation is 1. The van der Waals surface area contributed by atoms with Crippen LogP contribution in [0.3, 0.4) is 0 Å². The summed E-state index contributed by atoms with van der Waals surface area (Å²) in [5.74, 6) is -0.724. The standard InChI is InChI=1S/C29H25BrN2O4/c1-17-6-8-18(9-7-17)27(33)25-26(19-4-3-5-21(30)14-19)32(29(35)28(25)34)13-12-20-16-31-24-11-10-22(36-2)15-23(20)24/h3-11,14-16,26,31,33H,12-13H2,1-2H3/t26-/m0/s1. The minimum Gasteiger partial charge on any atom is -0.507 e. The second kappa shape index (κ2) is 9.66. The van der Waals surface area contributed by atoms with Gasteiger partial charge in [0.05, 0.1) is 18.7 Å². The van der Waals surface area contributed by atoms with E-state index in [0.29, 0.717) is 18.5 Å². The summed E-state index contributed by atoms with van der Waals surface area (Å²) in [4.78, 5) is 31.4. The Balaban J connectivity index is 1.56. The van der Waals surface area contributed by atoms with Crippen molar-refractivity contribution in [2.24, 2.45) is 0 Å². The zero-order valence-corrected chi connectivity index (χ0v) is 21.5. The first-order valence-electron chi connectivity index (χ1n) is 11.6. The number of ketones is 1. The summed E-state index contributed by atoms with van der Waals surface area (Å²) in [5.41, 5.74) is 4.36. The molecule has 0 radical (unpaired) electrons. The van der Waals surface area contributed by atoms with Gasteiger partial charge in [0, 0.05) is 33.7 Å². The lowest BCUT2D eigenvalue weighted by Crippen LogP contribution is -2.31. The first-order chi connectivity index (χ1) is 17.4. The molecule has 0 saturated carbocycles. The molecule has 2 N–H and O–H groups in total. The molecule has 1 fully saturated rings. The number of halogens is 1. The van der Waals surface area contributed by atoms with Crippen molar-refractivity contribution < 1.29 is 19.4 Å². The number of Topliss-reactive ketones (excluding diaryl/α,β-unsaturated/α-hetero) is 1. The number of methoxy groups -OCH3 is 1. The van der Waals surface area contributed by atoms with Gasteiger partial charge in [-0.05, 0) is 54.8 Å². The number of aliphatic hydroxyl groups excluding tert-OH is 1. The average molecular weight is 545 g/mol. The summed E-state index contributed by atoms with van der Waals surface area (Å²) < 4.78 is 6.19. The van der Waals surface area contributed by atoms with Crippen molar-refractivity contribution in [2.45, 2.75) is 19.4 Å². The topological polar surface area (TPSA) is 82.6 Å². The van der Waals surface area contributed by atoms with Gasteiger partial charge in [0.15, 0.2) is 0 Å². The number of carbonyl (C=O) groups excluding carboxylic acids is 2. The Morgan fingerprint density at radius 3 is 2.58 bits per heavy atom. The van der Waals surface area contributed by atoms with Crippen LogP contribution in [-0.2, 0) is 16.0 Å². The van der Waals surface area contributed by atoms with Gasteiger partial charge < -0.3 is 19.7 Å². The molecule has 1 amide bonds. The fourth-order valence-electron chi connectivity index (χ4n) is 4.73. The van der Waals surface area contributed by atoms with Crippen molar-refractivity contribution in [3.8, 4) is 5.75 Å². The third kappa shape index (κ3) is 4.31. The van der Waals surface area contributed by atoms with E-state index in [1.54, 1.807) is 24.1 Å². The fourth-order valence-corrected chi connectivity index (χ4v) is 5.15. The highest BCUT2D eigenvalue weighted by molar-refractivity contribution is 9.10. The molecule has 1 aliphatic rings. The van der Waals surface area contributed by atoms with Gasteiger partial charge in [-0.2, -0.15) is 0 Å². The average Bonchev–Trinajstić information content (AvgIpc) is 3.40. The molecule has 6 nitrogen and oxygen atoms in total. The van der Waals surface area contributed by atoms with Crippen molar-refractivity contribution >= 4 is 44.3 Å². The molecule has 0 unspecified atom stereocenters. The number of nitrogens with zero attached hydrogens (tertiary/aromatic N) is 1. The van der Waals surface area contributed by atoms with Crippen molar-refractivity contribution in [1.82, 2.24) is 9.88 Å². The number of nitrogens with one attached hydrogen (secondary N) is 1. The highest BCUT2D eigenvalue weighted by Gasteiger charge is 2.45. The summed E-state index contributed by atoms with van der Waals surface area (Å²) in [6.45, 7) is 2.25. The van der Waals surface area contributed by atoms with E-state index in [-0.39, 0.29) is 11.3 Å². The molecule has 1 saturated heterocycles. The van der Waals surface area contributed by atoms with Gasteiger partial charge in [-0.25, -0.2) is 0 Å². The van der Waals surface area contributed by atoms with Crippen LogP contribution in [0.5, 0.6) is 5.75 Å². The predicted molar refractivity (Wildman–Crippen MR) is 143 cm³/mol. The van der Waals surface area contributed by atoms with Crippen LogP contribution in [0, 0.1) is 6.92 Å². The quantitative estimate of drug-likeness (QED) is 0.179. The molecule has 1 aliphatic heterocycles. The molecule has 36 heavy (non-hydrogen) atoms. The molecule has 1 aromatic heterocycles. The largest absolute Gasteiger partial charge is 0.507 e. The first-order valence-corrected chi connectivity index (χ1v) is 12.4. The van der Waals surface area contributed by atoms with Crippen LogP contribution in [0.4, 0.5) is 0 Å². The van der Waals surface area contributed by atoms with Crippen molar-refractivity contribution in [2.75, 3.05) is 13.7 Å². The fraction of sp³-hybridized carbons (Fsp3) is 0.172. The first kappa shape index (κ1) is 23.9. The summed E-state index contributed by atoms with van der Waals surface area (Å²) in [5, 5.41) is 12.2. The minimum absolute atomic E-state index is 0.0996. The van der Waals surface area contributed by atoms with E-state index >= 15 is 0 Å². The highest BCUT2D eigenvalue weighted by atomic mass is 79.9. The maximum atomic E-state index is 13.3. The van der Waals surface area contributed by atoms with Crippen LogP contribution in [0.1, 0.15) is 28.3 Å². The van der Waals surface area contributed by atoms with E-state index in [4.69, 9.17) is 4.74 Å². The third-order valence-electron chi connectivity index (χ3n) is 6.63. The molecular weight excluding hydrogens is 520 g/mol. The summed E-state index contributed by atoms with van der Waals surface area (Å²) in [6, 6.07) is 19.8. The van der Waals surface area contributed by atoms with E-state index in [1.807, 2.05) is 67.7 Å². The van der Waals surface area contributed by atoms with Gasteiger partial charge in [-0.3, -0.25) is 9.59 Å². The van der Waals surface area contributed by atoms with Crippen molar-refractivity contribution in [3.63, 3.8) is 0 Å². The van der Waals surface area contributed by atoms with Gasteiger partial charge in [0.25, 0.3) is 11.7 Å². The second-order valence-electron chi connectivity index (χ2n) is 8.89. The highest BCUT2D eigenvalue weighted by Crippen LogP contribution is 2.40. The Labute approximate surface area is 217 Å². The monoisotopic (exact) mass is 544 g/mol. The molecule has 3 aromatic carbocycles. The molecule has 182 valence electrons. The number of H-pyrrole nitrogens is 1. The number of hydrogen-bond acceptors (Lipinski definition) is 4. The second-order valence-corrected chi connectivity index (χ2v) is 9.80. The van der Waals surface area contributed by atoms with Crippen molar-refractivity contribution in [1.29, 1.82) is 0 Å². The molecule has 2 heterocycles. The van der Waals surface area contributed by atoms with E-state index in [1.165, 1.54) is 0 Å². The van der Waals surface area contributed by atoms with Crippen LogP contribution < -0.4 is 4.74 Å². The minimum atomic E-state index is -0.705. The molecule has 0 aliphatic carbocycles. The number of amides is 1. The third-order valence-corrected chi connectivity index (χ3v) is 7.12. The Kier molecular flexibility index (Phi) is 6.41. The Bertz CT molecular complexity index is 1500. The van der Waals surface area contributed by atoms with Crippen LogP contribution >= 0.6 is 15.9 Å². The number of aromatic nitrogens is 1. The van der Waals surface area contributed by atoms with Gasteiger partial charge >= 0.3 is 0 Å². The number of fused-ring (bicyclic) bond motifs is 1. The van der Waals surface area contributed by atoms with Gasteiger partial charge in [0.1, 0.15) is 11.5 Å². The van der Waals surface area contributed by atoms with E-state index < -0.39 is 17.7 Å². The van der Waals surface area contributed by atoms with Gasteiger partial charge in [-0.15, -0.1) is 0 Å². The molecule has 1 atom stereocenters. The molecule has 0 spiro atoms. The zero-order valence-electron chi connectivity index (χ0n) is 19.9. The van der Waals surface area contributed by atoms with E-state index in [2.05, 4.69) is 20.9 Å². The number of carbonyl (C=O) groups is 2. The predicted octanol–water partition coefficient (Wildman–Crippen LogP) is 5.91. The Morgan fingerprint density at radius 2 is 1.86 bits per heavy atom. The van der Waals surface area contributed by atoms with Gasteiger partial charge in [-0.1, -0.05) is 57.9 Å². The van der Waals surface area contributed by atoms with E-state index in [0.717, 1.165) is 37.8 Å². The number of aromatic amines is 1. The number of aliphatic hydroxyl groups is 1. The molecule has 5 rings (SSSR count). The summed E-state index contributed by atoms with van der Waals surface area (Å²) >= 11 is 3.50. The van der Waals surface area contributed by atoms with Gasteiger partial charge in [0.2, 0.25) is 0 Å². The lowest BCUT2D eigenvalue weighted by atomic mass is 9.95. The van der Waals surface area contributed by atoms with E-state index in [9.17, 15) is 14.7 Å². The smallest absolute Gasteiger partial charge is 0.295 e. The molecule has 4 aromatic rings. The molecular formula is C29H25BrN2O4. The summed E-state index contributed by atoms with van der Waals surface area (Å²) in [7, 11) is 1.62. The van der Waals surface area contributed by atoms with Crippen molar-refractivity contribution in [3.05, 3.63) is 105 Å². The van der Waals surface area contributed by atoms with Crippen LogP contribution in [0.15, 0.2) is 83.0 Å². The maximum Gasteiger partial charge on any atom is 0.295 e. The summed E-state index contributed by atoms with van der Waals surface area (Å²) in [6.07, 6.45) is 2.44. The number of hydrogen-bond donors (Lipinski definition) is 2.